The molecule has 12 heavy (non-hydrogen) atoms. The van der Waals surface area contributed by atoms with Gasteiger partial charge in [0.05, 0.1) is 26.7 Å². The number of hydrogen-bond acceptors (Lipinski definition) is 0. The van der Waals surface area contributed by atoms with E-state index in [9.17, 15) is 0 Å². The maximum Gasteiger partial charge on any atom is 0.0786 e. The predicted molar refractivity (Wildman–Crippen MR) is 56.3 cm³/mol. The van der Waals surface area contributed by atoms with Gasteiger partial charge in [-0.15, -0.1) is 0 Å². The molecular weight excluding hydrogens is 146 g/mol. The maximum absolute atomic E-state index is 2.41. The Labute approximate surface area is 78.4 Å². The molecule has 0 bridgehead atoms. The number of hydrogen-bond donors (Lipinski definition) is 0. The normalized spacial score (nSPS) is 20.0. The summed E-state index contributed by atoms with van der Waals surface area (Å²) in [4.78, 5) is 0. The Bertz CT molecular complexity index is 93.2. The van der Waals surface area contributed by atoms with Gasteiger partial charge in [-0.2, -0.15) is 0 Å². The van der Waals surface area contributed by atoms with E-state index in [4.69, 9.17) is 0 Å². The summed E-state index contributed by atoms with van der Waals surface area (Å²) < 4.78 is 1.36. The second-order valence-electron chi connectivity index (χ2n) is 3.85. The highest BCUT2D eigenvalue weighted by atomic mass is 15.3. The van der Waals surface area contributed by atoms with Crippen molar-refractivity contribution in [3.05, 3.63) is 0 Å². The number of quaternary nitrogens is 1. The molecule has 0 aromatic rings. The fourth-order valence-electron chi connectivity index (χ4n) is 1.86. The molecule has 0 aromatic carbocycles. The summed E-state index contributed by atoms with van der Waals surface area (Å²) in [6.07, 6.45) is 5.69. The third-order valence-electron chi connectivity index (χ3n) is 2.70. The monoisotopic (exact) mass is 172 g/mol. The van der Waals surface area contributed by atoms with E-state index in [0.717, 1.165) is 0 Å². The summed E-state index contributed by atoms with van der Waals surface area (Å²) >= 11 is 0. The SMILES string of the molecule is CC.CCCC[N+]1(C)CCCC1. The Morgan fingerprint density at radius 3 is 2.00 bits per heavy atom. The molecule has 0 spiro atoms. The quantitative estimate of drug-likeness (QED) is 0.574. The van der Waals surface area contributed by atoms with Gasteiger partial charge in [-0.05, 0) is 6.42 Å². The first-order chi connectivity index (χ1) is 5.77. The molecule has 0 aliphatic carbocycles. The third-order valence-corrected chi connectivity index (χ3v) is 2.70. The Morgan fingerprint density at radius 2 is 1.58 bits per heavy atom. The van der Waals surface area contributed by atoms with Crippen molar-refractivity contribution in [2.75, 3.05) is 26.7 Å². The molecule has 74 valence electrons. The predicted octanol–water partition coefficient (Wildman–Crippen LogP) is 3.05. The molecule has 0 aromatic heterocycles. The smallest absolute Gasteiger partial charge is 0.0786 e. The van der Waals surface area contributed by atoms with E-state index < -0.39 is 0 Å². The van der Waals surface area contributed by atoms with Gasteiger partial charge in [0.2, 0.25) is 0 Å². The average molecular weight is 172 g/mol. The largest absolute Gasteiger partial charge is 0.326 e. The summed E-state index contributed by atoms with van der Waals surface area (Å²) in [5.41, 5.74) is 0. The van der Waals surface area contributed by atoms with Crippen LogP contribution in [0.1, 0.15) is 46.5 Å². The topological polar surface area (TPSA) is 0 Å². The lowest BCUT2D eigenvalue weighted by atomic mass is 10.3. The van der Waals surface area contributed by atoms with E-state index in [0.29, 0.717) is 0 Å². The molecule has 0 atom stereocenters. The van der Waals surface area contributed by atoms with Gasteiger partial charge in [-0.3, -0.25) is 0 Å². The van der Waals surface area contributed by atoms with Crippen LogP contribution in [0.4, 0.5) is 0 Å². The van der Waals surface area contributed by atoms with E-state index in [1.807, 2.05) is 13.8 Å². The van der Waals surface area contributed by atoms with E-state index in [1.54, 1.807) is 0 Å². The van der Waals surface area contributed by atoms with Gasteiger partial charge in [0.25, 0.3) is 0 Å². The molecule has 0 radical (unpaired) electrons. The highest BCUT2D eigenvalue weighted by Crippen LogP contribution is 2.16. The molecule has 1 aliphatic heterocycles. The Kier molecular flexibility index (Phi) is 6.45. The van der Waals surface area contributed by atoms with Crippen molar-refractivity contribution in [2.45, 2.75) is 46.5 Å². The number of nitrogens with zero attached hydrogens (tertiary/aromatic N) is 1. The van der Waals surface area contributed by atoms with E-state index >= 15 is 0 Å². The number of rotatable bonds is 3. The van der Waals surface area contributed by atoms with Crippen LogP contribution in [-0.2, 0) is 0 Å². The molecule has 1 heterocycles. The van der Waals surface area contributed by atoms with Crippen LogP contribution in [0.25, 0.3) is 0 Å². The van der Waals surface area contributed by atoms with E-state index in [-0.39, 0.29) is 0 Å². The highest BCUT2D eigenvalue weighted by molar-refractivity contribution is 4.51. The highest BCUT2D eigenvalue weighted by Gasteiger charge is 2.25. The molecule has 0 unspecified atom stereocenters. The maximum atomic E-state index is 2.41. The zero-order valence-electron chi connectivity index (χ0n) is 9.40. The third kappa shape index (κ3) is 4.10. The van der Waals surface area contributed by atoms with Gasteiger partial charge in [-0.25, -0.2) is 0 Å². The molecule has 1 rings (SSSR count). The molecule has 0 saturated carbocycles. The summed E-state index contributed by atoms with van der Waals surface area (Å²) in [5.74, 6) is 0. The molecular formula is C11H26N+. The Hall–Kier alpha value is -0.0400. The first kappa shape index (κ1) is 12.0. The van der Waals surface area contributed by atoms with Crippen LogP contribution in [-0.4, -0.2) is 31.2 Å². The van der Waals surface area contributed by atoms with Gasteiger partial charge in [0, 0.05) is 12.8 Å². The van der Waals surface area contributed by atoms with Crippen molar-refractivity contribution in [3.63, 3.8) is 0 Å². The van der Waals surface area contributed by atoms with Crippen LogP contribution in [0.3, 0.4) is 0 Å². The van der Waals surface area contributed by atoms with Crippen molar-refractivity contribution in [2.24, 2.45) is 0 Å². The number of likely N-dealkylation sites (tertiary alicyclic amines) is 1. The fraction of sp³-hybridized carbons (Fsp3) is 1.00. The number of unbranched alkanes of at least 4 members (excludes halogenated alkanes) is 1. The lowest BCUT2D eigenvalue weighted by Crippen LogP contribution is -2.41. The van der Waals surface area contributed by atoms with Gasteiger partial charge in [0.15, 0.2) is 0 Å². The van der Waals surface area contributed by atoms with Gasteiger partial charge < -0.3 is 4.48 Å². The minimum Gasteiger partial charge on any atom is -0.326 e. The van der Waals surface area contributed by atoms with Crippen LogP contribution in [0, 0.1) is 0 Å². The van der Waals surface area contributed by atoms with Gasteiger partial charge in [0.1, 0.15) is 0 Å². The molecule has 1 heteroatoms. The molecule has 1 saturated heterocycles. The van der Waals surface area contributed by atoms with E-state index in [1.165, 1.54) is 49.8 Å². The molecule has 0 N–H and O–H groups in total. The Balaban J connectivity index is 0.000000561. The van der Waals surface area contributed by atoms with Crippen LogP contribution in [0.15, 0.2) is 0 Å². The van der Waals surface area contributed by atoms with Crippen molar-refractivity contribution < 1.29 is 4.48 Å². The zero-order valence-corrected chi connectivity index (χ0v) is 9.40. The second kappa shape index (κ2) is 6.47. The van der Waals surface area contributed by atoms with Crippen LogP contribution in [0.2, 0.25) is 0 Å². The molecule has 1 aliphatic rings. The lowest BCUT2D eigenvalue weighted by Gasteiger charge is -2.28. The summed E-state index contributed by atoms with van der Waals surface area (Å²) in [7, 11) is 2.41. The van der Waals surface area contributed by atoms with Crippen molar-refractivity contribution in [1.82, 2.24) is 0 Å². The van der Waals surface area contributed by atoms with Gasteiger partial charge in [-0.1, -0.05) is 27.2 Å². The first-order valence-electron chi connectivity index (χ1n) is 5.60. The van der Waals surface area contributed by atoms with Crippen molar-refractivity contribution >= 4 is 0 Å². The standard InChI is InChI=1S/C9H20N.C2H6/c1-3-4-7-10(2)8-5-6-9-10;1-2/h3-9H2,1-2H3;1-2H3/q+1;. The van der Waals surface area contributed by atoms with Gasteiger partial charge >= 0.3 is 0 Å². The lowest BCUT2D eigenvalue weighted by molar-refractivity contribution is -0.897. The van der Waals surface area contributed by atoms with Crippen LogP contribution in [0.5, 0.6) is 0 Å². The summed E-state index contributed by atoms with van der Waals surface area (Å²) in [6.45, 7) is 10.6. The fourth-order valence-corrected chi connectivity index (χ4v) is 1.86. The Morgan fingerprint density at radius 1 is 1.08 bits per heavy atom. The molecule has 0 amide bonds. The summed E-state index contributed by atoms with van der Waals surface area (Å²) in [6, 6.07) is 0. The van der Waals surface area contributed by atoms with Crippen molar-refractivity contribution in [3.8, 4) is 0 Å². The minimum absolute atomic E-state index is 1.36. The zero-order chi connectivity index (χ0) is 9.45. The van der Waals surface area contributed by atoms with E-state index in [2.05, 4.69) is 14.0 Å². The first-order valence-corrected chi connectivity index (χ1v) is 5.60. The molecule has 1 fully saturated rings. The average Bonchev–Trinajstić information content (AvgIpc) is 2.53. The summed E-state index contributed by atoms with van der Waals surface area (Å²) in [5, 5.41) is 0. The second-order valence-corrected chi connectivity index (χ2v) is 3.85. The van der Waals surface area contributed by atoms with Crippen LogP contribution < -0.4 is 0 Å². The van der Waals surface area contributed by atoms with Crippen molar-refractivity contribution in [1.29, 1.82) is 0 Å². The minimum atomic E-state index is 1.36. The van der Waals surface area contributed by atoms with Crippen LogP contribution >= 0.6 is 0 Å². The molecule has 1 nitrogen and oxygen atoms in total.